The molecule has 0 radical (unpaired) electrons. The van der Waals surface area contributed by atoms with E-state index in [2.05, 4.69) is 18.5 Å². The van der Waals surface area contributed by atoms with E-state index < -0.39 is 83.6 Å². The Bertz CT molecular complexity index is 2720. The predicted octanol–water partition coefficient (Wildman–Crippen LogP) is 1.74. The molecule has 57 heavy (non-hydrogen) atoms. The molecule has 9 N–H and O–H groups in total. The van der Waals surface area contributed by atoms with Gasteiger partial charge in [-0.1, -0.05) is 0 Å². The first-order valence-electron chi connectivity index (χ1n) is 15.9. The molecule has 5 atom stereocenters. The van der Waals surface area contributed by atoms with E-state index in [4.69, 9.17) is 18.9 Å². The second kappa shape index (κ2) is 15.7. The van der Waals surface area contributed by atoms with Crippen molar-refractivity contribution in [3.05, 3.63) is 109 Å². The fourth-order valence-corrected chi connectivity index (χ4v) is 8.91. The third kappa shape index (κ3) is 9.54. The number of rotatable bonds is 13. The van der Waals surface area contributed by atoms with Gasteiger partial charge in [-0.15, -0.1) is 0 Å². The zero-order valence-corrected chi connectivity index (χ0v) is 31.0. The van der Waals surface area contributed by atoms with Crippen LogP contribution in [0.1, 0.15) is 38.9 Å². The number of amides is 1. The van der Waals surface area contributed by atoms with Gasteiger partial charge in [0.1, 0.15) is 29.4 Å². The van der Waals surface area contributed by atoms with Crippen molar-refractivity contribution in [2.75, 3.05) is 6.61 Å². The van der Waals surface area contributed by atoms with Gasteiger partial charge in [0.05, 0.1) is 30.4 Å². The van der Waals surface area contributed by atoms with E-state index in [9.17, 15) is 62.8 Å². The quantitative estimate of drug-likeness (QED) is 0.0601. The monoisotopic (exact) mass is 855 g/mol. The number of nitrogens with one attached hydrogen (secondary N) is 2. The number of hydrogen-bond acceptors (Lipinski definition) is 15. The lowest BCUT2D eigenvalue weighted by atomic mass is 9.89. The van der Waals surface area contributed by atoms with Crippen LogP contribution in [-0.4, -0.2) is 75.1 Å². The van der Waals surface area contributed by atoms with E-state index in [0.29, 0.717) is 10.9 Å². The fraction of sp³-hybridized carbons (Fsp3) is 0.194. The molecule has 1 aromatic heterocycles. The second-order valence-corrected chi connectivity index (χ2v) is 16.6. The summed E-state index contributed by atoms with van der Waals surface area (Å²) in [5.74, 6) is -2.27. The number of aromatic carboxylic acids is 1. The number of aromatic amines is 1. The van der Waals surface area contributed by atoms with Crippen LogP contribution in [0.2, 0.25) is 0 Å². The molecule has 2 aromatic carbocycles. The molecule has 2 aliphatic heterocycles. The molecule has 26 heteroatoms. The molecular formula is C31H28N3O20P3. The molecular weight excluding hydrogens is 827 g/mol. The molecule has 6 rings (SSSR count). The molecule has 23 nitrogen and oxygen atoms in total. The molecule has 302 valence electrons. The summed E-state index contributed by atoms with van der Waals surface area (Å²) in [7, 11) is -17.0. The van der Waals surface area contributed by atoms with Gasteiger partial charge in [0.25, 0.3) is 11.5 Å². The average Bonchev–Trinajstić information content (AvgIpc) is 3.46. The molecule has 0 saturated carbocycles. The number of aliphatic hydroxyl groups excluding tert-OH is 1. The summed E-state index contributed by atoms with van der Waals surface area (Å²) >= 11 is 0. The summed E-state index contributed by atoms with van der Waals surface area (Å²) in [4.78, 5) is 102. The van der Waals surface area contributed by atoms with E-state index in [1.165, 1.54) is 54.6 Å². The number of hydrogen-bond donors (Lipinski definition) is 9. The molecule has 0 spiro atoms. The number of H-pyrrole nitrogens is 1. The topological polar surface area (TPSA) is 361 Å². The number of carboxylic acid groups (broad SMARTS) is 1. The van der Waals surface area contributed by atoms with Crippen LogP contribution in [0.15, 0.2) is 79.6 Å². The van der Waals surface area contributed by atoms with Gasteiger partial charge in [-0.25, -0.2) is 23.3 Å². The van der Waals surface area contributed by atoms with Gasteiger partial charge in [0.2, 0.25) is 0 Å². The summed E-state index contributed by atoms with van der Waals surface area (Å²) in [6.07, 6.45) is -3.78. The second-order valence-electron chi connectivity index (χ2n) is 12.2. The van der Waals surface area contributed by atoms with Crippen LogP contribution >= 0.6 is 23.5 Å². The zero-order valence-electron chi connectivity index (χ0n) is 28.4. The van der Waals surface area contributed by atoms with Gasteiger partial charge in [0.15, 0.2) is 5.43 Å². The summed E-state index contributed by atoms with van der Waals surface area (Å²) in [5.41, 5.74) is -2.19. The maximum Gasteiger partial charge on any atom is 0.490 e. The smallest absolute Gasteiger partial charge is 0.490 e. The van der Waals surface area contributed by atoms with E-state index in [0.717, 1.165) is 10.8 Å². The number of carbonyl (C=O) groups is 2. The third-order valence-electron chi connectivity index (χ3n) is 8.27. The van der Waals surface area contributed by atoms with Gasteiger partial charge in [-0.3, -0.25) is 28.5 Å². The Morgan fingerprint density at radius 3 is 2.37 bits per heavy atom. The average molecular weight is 855 g/mol. The van der Waals surface area contributed by atoms with Crippen LogP contribution in [0.25, 0.3) is 33.4 Å². The minimum absolute atomic E-state index is 0.0381. The number of carboxylic acids is 1. The minimum atomic E-state index is -5.82. The van der Waals surface area contributed by atoms with E-state index in [-0.39, 0.29) is 51.3 Å². The highest BCUT2D eigenvalue weighted by molar-refractivity contribution is 7.66. The van der Waals surface area contributed by atoms with Crippen molar-refractivity contribution in [2.24, 2.45) is 0 Å². The van der Waals surface area contributed by atoms with E-state index in [1.807, 2.05) is 4.98 Å². The number of phenols is 1. The van der Waals surface area contributed by atoms with Crippen molar-refractivity contribution in [3.63, 3.8) is 0 Å². The molecule has 0 bridgehead atoms. The molecule has 1 fully saturated rings. The third-order valence-corrected chi connectivity index (χ3v) is 12.1. The van der Waals surface area contributed by atoms with Crippen LogP contribution in [0.5, 0.6) is 5.75 Å². The lowest BCUT2D eigenvalue weighted by Crippen LogP contribution is -2.36. The zero-order chi connectivity index (χ0) is 41.6. The molecule has 2 unspecified atom stereocenters. The van der Waals surface area contributed by atoms with Gasteiger partial charge in [0, 0.05) is 46.8 Å². The van der Waals surface area contributed by atoms with E-state index >= 15 is 0 Å². The largest absolute Gasteiger partial charge is 0.508 e. The van der Waals surface area contributed by atoms with Crippen LogP contribution < -0.4 is 22.0 Å². The van der Waals surface area contributed by atoms with Crippen molar-refractivity contribution < 1.29 is 80.5 Å². The van der Waals surface area contributed by atoms with Crippen molar-refractivity contribution in [1.29, 1.82) is 0 Å². The van der Waals surface area contributed by atoms with Gasteiger partial charge in [-0.2, -0.15) is 8.62 Å². The Hall–Kier alpha value is -5.12. The Kier molecular flexibility index (Phi) is 11.4. The van der Waals surface area contributed by atoms with Gasteiger partial charge >= 0.3 is 35.1 Å². The number of nitrogens with zero attached hydrogens (tertiary/aromatic N) is 1. The SMILES string of the molecule is O=C(NCc1cn([C@H]2C[C@@H](O)[C@@H](COP(=O)(O)OP(=O)(O)OP(=O)(O)O)O2)c(=O)[nH]c1=O)c1ccc(C(=O)O)c(-c2c3ccc(=O)cc-3oc3cc(O)ccc23)c1. The fourth-order valence-electron chi connectivity index (χ4n) is 5.88. The molecule has 1 aliphatic carbocycles. The molecule has 3 heterocycles. The number of fused-ring (bicyclic) bond motifs is 2. The number of carbonyl (C=O) groups excluding carboxylic acids is 1. The highest BCUT2D eigenvalue weighted by atomic mass is 31.3. The van der Waals surface area contributed by atoms with Crippen molar-refractivity contribution in [2.45, 2.75) is 31.4 Å². The summed E-state index contributed by atoms with van der Waals surface area (Å²) in [6, 6.07) is 11.6. The number of benzene rings is 3. The lowest BCUT2D eigenvalue weighted by Gasteiger charge is -2.19. The highest BCUT2D eigenvalue weighted by Crippen LogP contribution is 2.66. The first kappa shape index (κ1) is 41.5. The molecule has 1 saturated heterocycles. The minimum Gasteiger partial charge on any atom is -0.508 e. The van der Waals surface area contributed by atoms with E-state index in [1.54, 1.807) is 0 Å². The number of phosphoric ester groups is 1. The number of aromatic nitrogens is 2. The maximum atomic E-state index is 13.5. The van der Waals surface area contributed by atoms with Crippen molar-refractivity contribution >= 4 is 46.3 Å². The van der Waals surface area contributed by atoms with Crippen molar-refractivity contribution in [1.82, 2.24) is 14.9 Å². The Morgan fingerprint density at radius 2 is 1.67 bits per heavy atom. The molecule has 3 aliphatic rings. The first-order valence-corrected chi connectivity index (χ1v) is 20.4. The Labute approximate surface area is 316 Å². The van der Waals surface area contributed by atoms with Crippen LogP contribution in [0, 0.1) is 0 Å². The normalized spacial score (nSPS) is 19.3. The number of phosphoric acid groups is 3. The number of ether oxygens (including phenoxy) is 1. The van der Waals surface area contributed by atoms with Crippen LogP contribution in [0.4, 0.5) is 0 Å². The highest BCUT2D eigenvalue weighted by Gasteiger charge is 2.43. The number of aromatic hydroxyl groups is 1. The summed E-state index contributed by atoms with van der Waals surface area (Å²) in [6.45, 7) is -1.55. The van der Waals surface area contributed by atoms with Crippen molar-refractivity contribution in [3.8, 4) is 28.2 Å². The van der Waals surface area contributed by atoms with Crippen LogP contribution in [0.3, 0.4) is 0 Å². The molecule has 3 aromatic rings. The van der Waals surface area contributed by atoms with Gasteiger partial charge in [-0.05, 0) is 48.0 Å². The summed E-state index contributed by atoms with van der Waals surface area (Å²) in [5, 5.41) is 33.5. The number of aliphatic hydroxyl groups is 1. The standard InChI is InChI=1S/C31H28N3O20P3/c35-16-2-5-19-23(8-16)51-24-9-17(36)3-6-20(24)27(19)21-7-14(1-4-18(21)30(40)41)28(38)32-11-15-12-34(31(42)33-29(15)39)26-10-22(37)25(52-26)13-50-56(46,47)54-57(48,49)53-55(43,44)45/h1-9,12,22,25-26,35,37H,10-11,13H2,(H,32,38)(H,40,41)(H,46,47)(H,48,49)(H,33,39,42)(H2,43,44,45)/t22-,25-,26-/m1/s1. The van der Waals surface area contributed by atoms with Gasteiger partial charge < -0.3 is 49.4 Å². The Balaban J connectivity index is 1.21. The summed E-state index contributed by atoms with van der Waals surface area (Å²) < 4.78 is 58.4. The molecule has 1 amide bonds. The lowest BCUT2D eigenvalue weighted by molar-refractivity contribution is -0.0450. The first-order chi connectivity index (χ1) is 26.6. The Morgan fingerprint density at radius 1 is 0.930 bits per heavy atom. The van der Waals surface area contributed by atoms with Crippen LogP contribution in [-0.2, 0) is 38.1 Å². The predicted molar refractivity (Wildman–Crippen MR) is 190 cm³/mol. The maximum absolute atomic E-state index is 13.5. The number of phenolic OH excluding ortho intramolecular Hbond substituents is 1.